The molecule has 0 aliphatic heterocycles. The number of benzene rings is 2. The summed E-state index contributed by atoms with van der Waals surface area (Å²) in [6.45, 7) is 3.80. The average Bonchev–Trinajstić information content (AvgIpc) is 3.11. The van der Waals surface area contributed by atoms with E-state index in [9.17, 15) is 5.11 Å². The molecule has 0 radical (unpaired) electrons. The van der Waals surface area contributed by atoms with Gasteiger partial charge in [0, 0.05) is 13.0 Å². The molecule has 1 aliphatic carbocycles. The predicted octanol–water partition coefficient (Wildman–Crippen LogP) is 3.19. The fourth-order valence-corrected chi connectivity index (χ4v) is 3.75. The second-order valence-corrected chi connectivity index (χ2v) is 6.50. The van der Waals surface area contributed by atoms with Gasteiger partial charge >= 0.3 is 0 Å². The molecule has 4 heteroatoms. The molecule has 0 fully saturated rings. The Morgan fingerprint density at radius 1 is 1.17 bits per heavy atom. The monoisotopic (exact) mass is 321 g/mol. The molecule has 0 bridgehead atoms. The van der Waals surface area contributed by atoms with Gasteiger partial charge in [0.2, 0.25) is 0 Å². The highest BCUT2D eigenvalue weighted by atomic mass is 16.3. The number of hydrogen-bond donors (Lipinski definition) is 2. The first kappa shape index (κ1) is 15.4. The quantitative estimate of drug-likeness (QED) is 0.759. The third-order valence-corrected chi connectivity index (χ3v) is 4.86. The maximum absolute atomic E-state index is 10.4. The van der Waals surface area contributed by atoms with Crippen LogP contribution < -0.4 is 5.32 Å². The highest BCUT2D eigenvalue weighted by molar-refractivity contribution is 5.75. The van der Waals surface area contributed by atoms with E-state index in [4.69, 9.17) is 4.98 Å². The molecule has 24 heavy (non-hydrogen) atoms. The minimum absolute atomic E-state index is 0.0175. The molecule has 3 aromatic rings. The summed E-state index contributed by atoms with van der Waals surface area (Å²) in [7, 11) is 0. The van der Waals surface area contributed by atoms with Gasteiger partial charge < -0.3 is 15.0 Å². The molecule has 124 valence electrons. The molecule has 2 atom stereocenters. The number of rotatable bonds is 5. The molecule has 4 nitrogen and oxygen atoms in total. The molecule has 0 unspecified atom stereocenters. The molecule has 1 aromatic heterocycles. The van der Waals surface area contributed by atoms with E-state index in [1.165, 1.54) is 16.6 Å². The zero-order valence-corrected chi connectivity index (χ0v) is 13.9. The van der Waals surface area contributed by atoms with Crippen molar-refractivity contribution in [3.63, 3.8) is 0 Å². The summed E-state index contributed by atoms with van der Waals surface area (Å²) in [4.78, 5) is 4.79. The zero-order valence-electron chi connectivity index (χ0n) is 13.9. The van der Waals surface area contributed by atoms with Crippen molar-refractivity contribution in [2.75, 3.05) is 0 Å². The molecule has 0 saturated heterocycles. The maximum atomic E-state index is 10.4. The number of nitrogens with zero attached hydrogens (tertiary/aromatic N) is 2. The summed E-state index contributed by atoms with van der Waals surface area (Å²) in [5.74, 6) is 1.04. The first-order valence-electron chi connectivity index (χ1n) is 8.71. The van der Waals surface area contributed by atoms with Crippen molar-refractivity contribution in [2.24, 2.45) is 0 Å². The Balaban J connectivity index is 1.60. The first-order chi connectivity index (χ1) is 11.8. The molecule has 1 aliphatic rings. The lowest BCUT2D eigenvalue weighted by molar-refractivity contribution is 0.140. The molecule has 1 heterocycles. The highest BCUT2D eigenvalue weighted by Gasteiger charge is 2.30. The number of imidazole rings is 1. The van der Waals surface area contributed by atoms with E-state index < -0.39 is 0 Å². The number of aryl methyl sites for hydroxylation is 1. The van der Waals surface area contributed by atoms with Crippen LogP contribution in [0.4, 0.5) is 0 Å². The fraction of sp³-hybridized carbons (Fsp3) is 0.350. The zero-order chi connectivity index (χ0) is 16.5. The molecule has 0 amide bonds. The van der Waals surface area contributed by atoms with Crippen LogP contribution in [-0.4, -0.2) is 20.8 Å². The Morgan fingerprint density at radius 2 is 1.96 bits per heavy atom. The number of hydrogen-bond acceptors (Lipinski definition) is 3. The second-order valence-electron chi connectivity index (χ2n) is 6.50. The van der Waals surface area contributed by atoms with Crippen LogP contribution in [0.25, 0.3) is 11.0 Å². The van der Waals surface area contributed by atoms with E-state index in [1.54, 1.807) is 0 Å². The summed E-state index contributed by atoms with van der Waals surface area (Å²) in [6, 6.07) is 16.5. The van der Waals surface area contributed by atoms with Gasteiger partial charge in [0.05, 0.1) is 29.7 Å². The van der Waals surface area contributed by atoms with Crippen LogP contribution in [0, 0.1) is 0 Å². The number of fused-ring (bicyclic) bond motifs is 2. The van der Waals surface area contributed by atoms with Crippen molar-refractivity contribution in [1.82, 2.24) is 14.9 Å². The van der Waals surface area contributed by atoms with Crippen molar-refractivity contribution in [2.45, 2.75) is 45.0 Å². The topological polar surface area (TPSA) is 50.1 Å². The van der Waals surface area contributed by atoms with Crippen LogP contribution in [0.5, 0.6) is 0 Å². The van der Waals surface area contributed by atoms with Gasteiger partial charge in [0.1, 0.15) is 5.82 Å². The van der Waals surface area contributed by atoms with Crippen LogP contribution >= 0.6 is 0 Å². The second kappa shape index (κ2) is 6.38. The molecular weight excluding hydrogens is 298 g/mol. The Hall–Kier alpha value is -2.17. The Labute approximate surface area is 142 Å². The van der Waals surface area contributed by atoms with E-state index in [1.807, 2.05) is 18.2 Å². The third kappa shape index (κ3) is 2.62. The van der Waals surface area contributed by atoms with Gasteiger partial charge in [-0.2, -0.15) is 0 Å². The minimum Gasteiger partial charge on any atom is -0.391 e. The van der Waals surface area contributed by atoms with E-state index in [2.05, 4.69) is 47.1 Å². The number of nitrogens with one attached hydrogen (secondary N) is 1. The lowest BCUT2D eigenvalue weighted by atomic mass is 10.1. The molecule has 0 saturated carbocycles. The number of aliphatic hydroxyl groups is 1. The lowest BCUT2D eigenvalue weighted by Gasteiger charge is -2.18. The van der Waals surface area contributed by atoms with Crippen LogP contribution in [0.2, 0.25) is 0 Å². The normalized spacial score (nSPS) is 19.8. The fourth-order valence-electron chi connectivity index (χ4n) is 3.75. The van der Waals surface area contributed by atoms with Crippen LogP contribution in [-0.2, 0) is 19.5 Å². The Morgan fingerprint density at radius 3 is 2.83 bits per heavy atom. The SMILES string of the molecule is CCCn1c(CN[C@@H]2c3ccccc3C[C@@H]2O)nc2ccccc21. The van der Waals surface area contributed by atoms with Gasteiger partial charge in [-0.1, -0.05) is 43.3 Å². The number of aromatic nitrogens is 2. The molecule has 2 aromatic carbocycles. The van der Waals surface area contributed by atoms with Gasteiger partial charge in [-0.15, -0.1) is 0 Å². The Bertz CT molecular complexity index is 855. The van der Waals surface area contributed by atoms with Gasteiger partial charge in [-0.25, -0.2) is 4.98 Å². The van der Waals surface area contributed by atoms with Gasteiger partial charge in [0.25, 0.3) is 0 Å². The van der Waals surface area contributed by atoms with E-state index in [0.717, 1.165) is 30.7 Å². The molecule has 0 spiro atoms. The summed E-state index contributed by atoms with van der Waals surface area (Å²) in [5.41, 5.74) is 4.67. The van der Waals surface area contributed by atoms with Crippen molar-refractivity contribution in [3.05, 3.63) is 65.5 Å². The Kier molecular flexibility index (Phi) is 4.08. The van der Waals surface area contributed by atoms with Crippen molar-refractivity contribution in [3.8, 4) is 0 Å². The van der Waals surface area contributed by atoms with Crippen LogP contribution in [0.1, 0.15) is 36.3 Å². The minimum atomic E-state index is -0.369. The smallest absolute Gasteiger partial charge is 0.123 e. The van der Waals surface area contributed by atoms with Gasteiger partial charge in [0.15, 0.2) is 0 Å². The summed E-state index contributed by atoms with van der Waals surface area (Å²) < 4.78 is 2.29. The summed E-state index contributed by atoms with van der Waals surface area (Å²) >= 11 is 0. The first-order valence-corrected chi connectivity index (χ1v) is 8.71. The summed E-state index contributed by atoms with van der Waals surface area (Å²) in [5, 5.41) is 13.9. The van der Waals surface area contributed by atoms with Gasteiger partial charge in [-0.05, 0) is 29.7 Å². The average molecular weight is 321 g/mol. The van der Waals surface area contributed by atoms with Crippen LogP contribution in [0.3, 0.4) is 0 Å². The predicted molar refractivity (Wildman–Crippen MR) is 95.8 cm³/mol. The van der Waals surface area contributed by atoms with Crippen LogP contribution in [0.15, 0.2) is 48.5 Å². The van der Waals surface area contributed by atoms with E-state index in [-0.39, 0.29) is 12.1 Å². The highest BCUT2D eigenvalue weighted by Crippen LogP contribution is 2.31. The standard InChI is InChI=1S/C20H23N3O/c1-2-11-23-17-10-6-5-9-16(17)22-19(23)13-21-20-15-8-4-3-7-14(15)12-18(20)24/h3-10,18,20-21,24H,2,11-13H2,1H3/t18-,20+/m0/s1. The van der Waals surface area contributed by atoms with E-state index >= 15 is 0 Å². The molecule has 4 rings (SSSR count). The van der Waals surface area contributed by atoms with Crippen molar-refractivity contribution < 1.29 is 5.11 Å². The third-order valence-electron chi connectivity index (χ3n) is 4.86. The number of aliphatic hydroxyl groups excluding tert-OH is 1. The molecule has 2 N–H and O–H groups in total. The van der Waals surface area contributed by atoms with Crippen molar-refractivity contribution >= 4 is 11.0 Å². The lowest BCUT2D eigenvalue weighted by Crippen LogP contribution is -2.29. The summed E-state index contributed by atoms with van der Waals surface area (Å²) in [6.07, 6.45) is 1.42. The van der Waals surface area contributed by atoms with Crippen molar-refractivity contribution in [1.29, 1.82) is 0 Å². The maximum Gasteiger partial charge on any atom is 0.123 e. The van der Waals surface area contributed by atoms with Gasteiger partial charge in [-0.3, -0.25) is 0 Å². The number of para-hydroxylation sites is 2. The molecular formula is C20H23N3O. The van der Waals surface area contributed by atoms with E-state index in [0.29, 0.717) is 6.54 Å². The largest absolute Gasteiger partial charge is 0.391 e.